The van der Waals surface area contributed by atoms with E-state index in [1.165, 1.54) is 0 Å². The Morgan fingerprint density at radius 2 is 1.88 bits per heavy atom. The molecule has 2 aromatic carbocycles. The second kappa shape index (κ2) is 8.50. The summed E-state index contributed by atoms with van der Waals surface area (Å²) in [6.07, 6.45) is -0.0204. The number of halogens is 2. The Bertz CT molecular complexity index is 837. The Kier molecular flexibility index (Phi) is 6.38. The molecule has 0 saturated heterocycles. The first-order chi connectivity index (χ1) is 11.9. The number of carbonyl (C=O) groups is 2. The van der Waals surface area contributed by atoms with Gasteiger partial charge in [0.1, 0.15) is 0 Å². The van der Waals surface area contributed by atoms with Gasteiger partial charge in [-0.2, -0.15) is 5.10 Å². The van der Waals surface area contributed by atoms with Crippen molar-refractivity contribution in [3.05, 3.63) is 58.1 Å². The number of hydrazone groups is 1. The van der Waals surface area contributed by atoms with Gasteiger partial charge in [0.05, 0.1) is 22.7 Å². The first kappa shape index (κ1) is 18.8. The smallest absolute Gasteiger partial charge is 0.273 e. The number of carbonyl (C=O) groups excluding carboxylic acids is 2. The number of hydrogen-bond donors (Lipinski definition) is 3. The largest absolute Gasteiger partial charge is 0.398 e. The molecule has 8 heteroatoms. The van der Waals surface area contributed by atoms with Crippen LogP contribution in [0.3, 0.4) is 0 Å². The third-order valence-corrected chi connectivity index (χ3v) is 3.74. The van der Waals surface area contributed by atoms with Gasteiger partial charge in [0, 0.05) is 16.4 Å². The Hall–Kier alpha value is -2.57. The molecule has 2 aromatic rings. The number of nitrogens with two attached hydrogens (primary N) is 1. The number of rotatable bonds is 5. The number of nitrogens with one attached hydrogen (secondary N) is 2. The summed E-state index contributed by atoms with van der Waals surface area (Å²) >= 11 is 11.9. The first-order valence-electron chi connectivity index (χ1n) is 7.29. The maximum absolute atomic E-state index is 12.0. The van der Waals surface area contributed by atoms with Crippen molar-refractivity contribution in [2.75, 3.05) is 11.1 Å². The lowest BCUT2D eigenvalue weighted by atomic mass is 10.2. The lowest BCUT2D eigenvalue weighted by Gasteiger charge is -2.08. The maximum Gasteiger partial charge on any atom is 0.273 e. The van der Waals surface area contributed by atoms with Gasteiger partial charge in [-0.1, -0.05) is 35.3 Å². The normalized spacial score (nSPS) is 11.1. The third kappa shape index (κ3) is 5.48. The van der Waals surface area contributed by atoms with Gasteiger partial charge >= 0.3 is 0 Å². The van der Waals surface area contributed by atoms with E-state index in [0.717, 1.165) is 0 Å². The zero-order valence-corrected chi connectivity index (χ0v) is 14.9. The molecule has 0 heterocycles. The van der Waals surface area contributed by atoms with E-state index in [9.17, 15) is 9.59 Å². The maximum atomic E-state index is 12.0. The van der Waals surface area contributed by atoms with E-state index in [1.54, 1.807) is 49.4 Å². The second-order valence-corrected chi connectivity index (χ2v) is 6.07. The predicted octanol–water partition coefficient (Wildman–Crippen LogP) is 3.71. The SMILES string of the molecule is C/C(CC(=O)Nc1cc(Cl)ccc1Cl)=N\NC(=O)c1ccccc1N. The zero-order chi connectivity index (χ0) is 18.4. The summed E-state index contributed by atoms with van der Waals surface area (Å²) in [6.45, 7) is 1.62. The van der Waals surface area contributed by atoms with Crippen LogP contribution in [0.25, 0.3) is 0 Å². The molecule has 0 saturated carbocycles. The number of amides is 2. The summed E-state index contributed by atoms with van der Waals surface area (Å²) in [5.74, 6) is -0.783. The lowest BCUT2D eigenvalue weighted by molar-refractivity contribution is -0.115. The van der Waals surface area contributed by atoms with Crippen LogP contribution in [-0.4, -0.2) is 17.5 Å². The van der Waals surface area contributed by atoms with Crippen LogP contribution >= 0.6 is 23.2 Å². The van der Waals surface area contributed by atoms with Crippen molar-refractivity contribution >= 4 is 52.1 Å². The van der Waals surface area contributed by atoms with Gasteiger partial charge in [0.2, 0.25) is 5.91 Å². The Morgan fingerprint density at radius 1 is 1.16 bits per heavy atom. The molecule has 2 amide bonds. The van der Waals surface area contributed by atoms with Crippen LogP contribution in [0.4, 0.5) is 11.4 Å². The quantitative estimate of drug-likeness (QED) is 0.420. The topological polar surface area (TPSA) is 96.6 Å². The van der Waals surface area contributed by atoms with Crippen molar-refractivity contribution in [2.24, 2.45) is 5.10 Å². The number of nitrogens with zero attached hydrogens (tertiary/aromatic N) is 1. The fraction of sp³-hybridized carbons (Fsp3) is 0.118. The summed E-state index contributed by atoms with van der Waals surface area (Å²) in [5, 5.41) is 7.38. The van der Waals surface area contributed by atoms with Crippen LogP contribution in [0.2, 0.25) is 10.0 Å². The monoisotopic (exact) mass is 378 g/mol. The van der Waals surface area contributed by atoms with Gasteiger partial charge in [0.15, 0.2) is 0 Å². The number of nitrogen functional groups attached to an aromatic ring is 1. The molecule has 0 radical (unpaired) electrons. The molecule has 0 atom stereocenters. The average Bonchev–Trinajstić information content (AvgIpc) is 2.56. The van der Waals surface area contributed by atoms with E-state index in [2.05, 4.69) is 15.8 Å². The predicted molar refractivity (Wildman–Crippen MR) is 101 cm³/mol. The lowest BCUT2D eigenvalue weighted by Crippen LogP contribution is -2.22. The highest BCUT2D eigenvalue weighted by Gasteiger charge is 2.10. The Morgan fingerprint density at radius 3 is 2.60 bits per heavy atom. The van der Waals surface area contributed by atoms with Crippen molar-refractivity contribution in [2.45, 2.75) is 13.3 Å². The van der Waals surface area contributed by atoms with Crippen LogP contribution in [0, 0.1) is 0 Å². The molecule has 6 nitrogen and oxygen atoms in total. The van der Waals surface area contributed by atoms with E-state index in [-0.39, 0.29) is 12.3 Å². The fourth-order valence-electron chi connectivity index (χ4n) is 1.97. The van der Waals surface area contributed by atoms with Gasteiger partial charge in [-0.3, -0.25) is 9.59 Å². The van der Waals surface area contributed by atoms with Crippen molar-refractivity contribution < 1.29 is 9.59 Å². The minimum atomic E-state index is -0.448. The molecule has 130 valence electrons. The second-order valence-electron chi connectivity index (χ2n) is 5.22. The highest BCUT2D eigenvalue weighted by Crippen LogP contribution is 2.25. The van der Waals surface area contributed by atoms with Crippen molar-refractivity contribution in [1.29, 1.82) is 0 Å². The fourth-order valence-corrected chi connectivity index (χ4v) is 2.31. The van der Waals surface area contributed by atoms with Gasteiger partial charge in [0.25, 0.3) is 5.91 Å². The Balaban J connectivity index is 1.94. The molecule has 0 aliphatic rings. The summed E-state index contributed by atoms with van der Waals surface area (Å²) in [7, 11) is 0. The zero-order valence-electron chi connectivity index (χ0n) is 13.3. The molecule has 0 aliphatic heterocycles. The van der Waals surface area contributed by atoms with Crippen LogP contribution < -0.4 is 16.5 Å². The molecule has 0 aliphatic carbocycles. The standard InChI is InChI=1S/C17H16Cl2N4O2/c1-10(22-23-17(25)12-4-2-3-5-14(12)20)8-16(24)21-15-9-11(18)6-7-13(15)19/h2-7,9H,8,20H2,1H3,(H,21,24)(H,23,25)/b22-10+. The molecule has 0 aromatic heterocycles. The summed E-state index contributed by atoms with van der Waals surface area (Å²) < 4.78 is 0. The molecular formula is C17H16Cl2N4O2. The van der Waals surface area contributed by atoms with E-state index in [1.807, 2.05) is 0 Å². The van der Waals surface area contributed by atoms with Crippen LogP contribution in [0.1, 0.15) is 23.7 Å². The molecule has 2 rings (SSSR count). The number of benzene rings is 2. The molecule has 0 fully saturated rings. The number of hydrogen-bond acceptors (Lipinski definition) is 4. The highest BCUT2D eigenvalue weighted by atomic mass is 35.5. The van der Waals surface area contributed by atoms with Gasteiger partial charge in [-0.25, -0.2) is 5.43 Å². The van der Waals surface area contributed by atoms with Gasteiger partial charge in [-0.15, -0.1) is 0 Å². The average molecular weight is 379 g/mol. The van der Waals surface area contributed by atoms with Gasteiger partial charge < -0.3 is 11.1 Å². The first-order valence-corrected chi connectivity index (χ1v) is 8.05. The van der Waals surface area contributed by atoms with Crippen molar-refractivity contribution in [3.63, 3.8) is 0 Å². The molecule has 0 bridgehead atoms. The third-order valence-electron chi connectivity index (χ3n) is 3.17. The molecule has 25 heavy (non-hydrogen) atoms. The minimum Gasteiger partial charge on any atom is -0.398 e. The van der Waals surface area contributed by atoms with Crippen molar-refractivity contribution in [3.8, 4) is 0 Å². The summed E-state index contributed by atoms with van der Waals surface area (Å²) in [5.41, 5.74) is 9.58. The summed E-state index contributed by atoms with van der Waals surface area (Å²) in [6, 6.07) is 11.4. The van der Waals surface area contributed by atoms with Crippen LogP contribution in [-0.2, 0) is 4.79 Å². The molecular weight excluding hydrogens is 363 g/mol. The van der Waals surface area contributed by atoms with Crippen molar-refractivity contribution in [1.82, 2.24) is 5.43 Å². The number of para-hydroxylation sites is 1. The van der Waals surface area contributed by atoms with Gasteiger partial charge in [-0.05, 0) is 37.3 Å². The highest BCUT2D eigenvalue weighted by molar-refractivity contribution is 6.35. The minimum absolute atomic E-state index is 0.0204. The summed E-state index contributed by atoms with van der Waals surface area (Å²) in [4.78, 5) is 24.0. The molecule has 0 unspecified atom stereocenters. The molecule has 4 N–H and O–H groups in total. The van der Waals surface area contributed by atoms with E-state index >= 15 is 0 Å². The van der Waals surface area contributed by atoms with E-state index in [0.29, 0.717) is 32.7 Å². The van der Waals surface area contributed by atoms with E-state index < -0.39 is 5.91 Å². The Labute approximate surface area is 155 Å². The van der Waals surface area contributed by atoms with Crippen LogP contribution in [0.5, 0.6) is 0 Å². The number of anilines is 2. The van der Waals surface area contributed by atoms with E-state index in [4.69, 9.17) is 28.9 Å². The van der Waals surface area contributed by atoms with Crippen LogP contribution in [0.15, 0.2) is 47.6 Å². The molecule has 0 spiro atoms.